The van der Waals surface area contributed by atoms with Gasteiger partial charge in [0.15, 0.2) is 0 Å². The molecule has 3 nitrogen and oxygen atoms in total. The van der Waals surface area contributed by atoms with Gasteiger partial charge in [0.1, 0.15) is 0 Å². The number of amides is 1. The van der Waals surface area contributed by atoms with Crippen molar-refractivity contribution in [2.45, 2.75) is 45.1 Å². The minimum atomic E-state index is -0.410. The van der Waals surface area contributed by atoms with Crippen LogP contribution in [-0.2, 0) is 0 Å². The van der Waals surface area contributed by atoms with Gasteiger partial charge in [0.05, 0.1) is 17.0 Å². The second-order valence-electron chi connectivity index (χ2n) is 5.50. The maximum Gasteiger partial charge on any atom is 0.261 e. The number of hydrogen-bond donors (Lipinski definition) is 2. The van der Waals surface area contributed by atoms with Crippen molar-refractivity contribution in [1.82, 2.24) is 5.32 Å². The summed E-state index contributed by atoms with van der Waals surface area (Å²) >= 11 is 1.50. The normalized spacial score (nSPS) is 28.1. The summed E-state index contributed by atoms with van der Waals surface area (Å²) in [6, 6.07) is 3.81. The molecule has 0 spiro atoms. The molecule has 4 heteroatoms. The standard InChI is InChI=1S/C14H21NO2S/c1-10-4-3-7-14(8-10,9-16)15-13(17)12-6-5-11(2)18-12/h5-6,10,16H,3-4,7-9H2,1-2H3,(H,15,17). The number of carbonyl (C=O) groups excluding carboxylic acids is 1. The topological polar surface area (TPSA) is 49.3 Å². The van der Waals surface area contributed by atoms with Crippen molar-refractivity contribution < 1.29 is 9.90 Å². The van der Waals surface area contributed by atoms with Crippen molar-refractivity contribution >= 4 is 17.2 Å². The molecule has 2 unspecified atom stereocenters. The molecule has 0 radical (unpaired) electrons. The van der Waals surface area contributed by atoms with Gasteiger partial charge in [-0.15, -0.1) is 11.3 Å². The summed E-state index contributed by atoms with van der Waals surface area (Å²) in [5, 5.41) is 12.7. The molecule has 0 saturated heterocycles. The summed E-state index contributed by atoms with van der Waals surface area (Å²) in [5.41, 5.74) is -0.410. The second kappa shape index (κ2) is 5.41. The fraction of sp³-hybridized carbons (Fsp3) is 0.643. The van der Waals surface area contributed by atoms with Gasteiger partial charge in [-0.3, -0.25) is 4.79 Å². The lowest BCUT2D eigenvalue weighted by Crippen LogP contribution is -2.53. The van der Waals surface area contributed by atoms with Crippen LogP contribution in [0.3, 0.4) is 0 Å². The molecule has 1 aromatic heterocycles. The van der Waals surface area contributed by atoms with E-state index in [1.54, 1.807) is 0 Å². The van der Waals surface area contributed by atoms with Crippen LogP contribution in [0.15, 0.2) is 12.1 Å². The zero-order valence-corrected chi connectivity index (χ0v) is 11.8. The fourth-order valence-corrected chi connectivity index (χ4v) is 3.58. The van der Waals surface area contributed by atoms with E-state index >= 15 is 0 Å². The van der Waals surface area contributed by atoms with Crippen LogP contribution in [-0.4, -0.2) is 23.2 Å². The largest absolute Gasteiger partial charge is 0.394 e. The zero-order valence-electron chi connectivity index (χ0n) is 11.0. The van der Waals surface area contributed by atoms with Gasteiger partial charge in [-0.1, -0.05) is 19.8 Å². The highest BCUT2D eigenvalue weighted by Gasteiger charge is 2.36. The smallest absolute Gasteiger partial charge is 0.261 e. The van der Waals surface area contributed by atoms with E-state index < -0.39 is 5.54 Å². The number of aryl methyl sites for hydroxylation is 1. The van der Waals surface area contributed by atoms with Crippen LogP contribution < -0.4 is 5.32 Å². The van der Waals surface area contributed by atoms with Gasteiger partial charge >= 0.3 is 0 Å². The van der Waals surface area contributed by atoms with Crippen molar-refractivity contribution in [1.29, 1.82) is 0 Å². The first-order valence-corrected chi connectivity index (χ1v) is 7.36. The number of hydrogen-bond acceptors (Lipinski definition) is 3. The number of nitrogens with one attached hydrogen (secondary N) is 1. The molecule has 1 amide bonds. The first-order valence-electron chi connectivity index (χ1n) is 6.54. The van der Waals surface area contributed by atoms with E-state index in [4.69, 9.17) is 0 Å². The summed E-state index contributed by atoms with van der Waals surface area (Å²) in [6.07, 6.45) is 4.02. The summed E-state index contributed by atoms with van der Waals surface area (Å²) in [5.74, 6) is 0.521. The predicted molar refractivity (Wildman–Crippen MR) is 74.0 cm³/mol. The van der Waals surface area contributed by atoms with Crippen LogP contribution >= 0.6 is 11.3 Å². The summed E-state index contributed by atoms with van der Waals surface area (Å²) < 4.78 is 0. The highest BCUT2D eigenvalue weighted by molar-refractivity contribution is 7.13. The number of aliphatic hydroxyl groups excluding tert-OH is 1. The molecule has 100 valence electrons. The Morgan fingerprint density at radius 2 is 2.39 bits per heavy atom. The quantitative estimate of drug-likeness (QED) is 0.884. The maximum atomic E-state index is 12.2. The number of carbonyl (C=O) groups is 1. The Kier molecular flexibility index (Phi) is 4.07. The van der Waals surface area contributed by atoms with Gasteiger partial charge < -0.3 is 10.4 Å². The number of thiophene rings is 1. The van der Waals surface area contributed by atoms with Crippen LogP contribution in [0.25, 0.3) is 0 Å². The minimum Gasteiger partial charge on any atom is -0.394 e. The van der Waals surface area contributed by atoms with Gasteiger partial charge in [-0.05, 0) is 37.8 Å². The molecular formula is C14H21NO2S. The molecule has 1 heterocycles. The summed E-state index contributed by atoms with van der Waals surface area (Å²) in [4.78, 5) is 14.1. The molecule has 0 bridgehead atoms. The molecule has 2 rings (SSSR count). The van der Waals surface area contributed by atoms with E-state index in [0.717, 1.165) is 29.0 Å². The van der Waals surface area contributed by atoms with Crippen LogP contribution in [0.2, 0.25) is 0 Å². The minimum absolute atomic E-state index is 0.0352. The Morgan fingerprint density at radius 1 is 1.61 bits per heavy atom. The van der Waals surface area contributed by atoms with Gasteiger partial charge in [-0.2, -0.15) is 0 Å². The van der Waals surface area contributed by atoms with Crippen molar-refractivity contribution in [3.05, 3.63) is 21.9 Å². The SMILES string of the molecule is Cc1ccc(C(=O)NC2(CO)CCCC(C)C2)s1. The van der Waals surface area contributed by atoms with Gasteiger partial charge in [0, 0.05) is 4.88 Å². The van der Waals surface area contributed by atoms with E-state index in [0.29, 0.717) is 5.92 Å². The lowest BCUT2D eigenvalue weighted by atomic mass is 9.77. The average Bonchev–Trinajstić information content (AvgIpc) is 2.76. The first kappa shape index (κ1) is 13.6. The van der Waals surface area contributed by atoms with E-state index in [2.05, 4.69) is 12.2 Å². The third-order valence-corrected chi connectivity index (χ3v) is 4.74. The van der Waals surface area contributed by atoms with Crippen molar-refractivity contribution in [3.63, 3.8) is 0 Å². The maximum absolute atomic E-state index is 12.2. The van der Waals surface area contributed by atoms with E-state index in [1.165, 1.54) is 17.8 Å². The lowest BCUT2D eigenvalue weighted by molar-refractivity contribution is 0.0700. The van der Waals surface area contributed by atoms with E-state index in [9.17, 15) is 9.90 Å². The molecule has 0 aromatic carbocycles. The fourth-order valence-electron chi connectivity index (χ4n) is 2.82. The van der Waals surface area contributed by atoms with Crippen LogP contribution in [0.1, 0.15) is 47.2 Å². The molecule has 2 atom stereocenters. The molecule has 1 aromatic rings. The Hall–Kier alpha value is -0.870. The third kappa shape index (κ3) is 2.93. The highest BCUT2D eigenvalue weighted by atomic mass is 32.1. The first-order chi connectivity index (χ1) is 8.54. The molecule has 1 saturated carbocycles. The van der Waals surface area contributed by atoms with E-state index in [-0.39, 0.29) is 12.5 Å². The second-order valence-corrected chi connectivity index (χ2v) is 6.79. The number of aliphatic hydroxyl groups is 1. The van der Waals surface area contributed by atoms with Gasteiger partial charge in [0.2, 0.25) is 0 Å². The molecule has 18 heavy (non-hydrogen) atoms. The summed E-state index contributed by atoms with van der Waals surface area (Å²) in [7, 11) is 0. The van der Waals surface area contributed by atoms with Crippen molar-refractivity contribution in [2.75, 3.05) is 6.61 Å². The Balaban J connectivity index is 2.08. The van der Waals surface area contributed by atoms with Crippen LogP contribution in [0.5, 0.6) is 0 Å². The third-order valence-electron chi connectivity index (χ3n) is 3.74. The molecule has 1 aliphatic carbocycles. The van der Waals surface area contributed by atoms with Crippen LogP contribution in [0, 0.1) is 12.8 Å². The molecule has 1 aliphatic rings. The molecule has 1 fully saturated rings. The molecular weight excluding hydrogens is 246 g/mol. The Bertz CT molecular complexity index is 429. The zero-order chi connectivity index (χ0) is 13.2. The highest BCUT2D eigenvalue weighted by Crippen LogP contribution is 2.32. The average molecular weight is 267 g/mol. The molecule has 2 N–H and O–H groups in total. The monoisotopic (exact) mass is 267 g/mol. The lowest BCUT2D eigenvalue weighted by Gasteiger charge is -2.39. The number of rotatable bonds is 3. The van der Waals surface area contributed by atoms with Crippen molar-refractivity contribution in [3.8, 4) is 0 Å². The van der Waals surface area contributed by atoms with Crippen LogP contribution in [0.4, 0.5) is 0 Å². The predicted octanol–water partition coefficient (Wildman–Crippen LogP) is 2.73. The molecule has 0 aliphatic heterocycles. The van der Waals surface area contributed by atoms with Gasteiger partial charge in [-0.25, -0.2) is 0 Å². The van der Waals surface area contributed by atoms with E-state index in [1.807, 2.05) is 19.1 Å². The van der Waals surface area contributed by atoms with Gasteiger partial charge in [0.25, 0.3) is 5.91 Å². The Labute approximate surface area is 112 Å². The summed E-state index contributed by atoms with van der Waals surface area (Å²) in [6.45, 7) is 4.21. The van der Waals surface area contributed by atoms with Crippen molar-refractivity contribution in [2.24, 2.45) is 5.92 Å². The Morgan fingerprint density at radius 3 is 2.94 bits per heavy atom.